The van der Waals surface area contributed by atoms with E-state index in [9.17, 15) is 9.59 Å². The van der Waals surface area contributed by atoms with E-state index in [1.165, 1.54) is 0 Å². The molecule has 0 unspecified atom stereocenters. The maximum Gasteiger partial charge on any atom is 0.384 e. The number of aliphatic carboxylic acids is 1. The van der Waals surface area contributed by atoms with Gasteiger partial charge in [-0.05, 0) is 81.7 Å². The van der Waals surface area contributed by atoms with Crippen LogP contribution in [0.5, 0.6) is 0 Å². The van der Waals surface area contributed by atoms with Gasteiger partial charge in [0, 0.05) is 58.8 Å². The third-order valence-corrected chi connectivity index (χ3v) is 5.66. The molecule has 1 saturated heterocycles. The van der Waals surface area contributed by atoms with Gasteiger partial charge in [-0.15, -0.1) is 0 Å². The van der Waals surface area contributed by atoms with Crippen LogP contribution in [0.1, 0.15) is 88.0 Å². The highest BCUT2D eigenvalue weighted by atomic mass is 16.8. The maximum atomic E-state index is 14.0. The molecule has 1 fully saturated rings. The minimum absolute atomic E-state index is 0.203. The molecule has 1 aliphatic rings. The summed E-state index contributed by atoms with van der Waals surface area (Å²) in [6, 6.07) is 0. The number of esters is 1. The molecule has 0 atom stereocenters. The lowest BCUT2D eigenvalue weighted by molar-refractivity contribution is -0.364. The van der Waals surface area contributed by atoms with E-state index in [2.05, 4.69) is 15.5 Å². The fraction of sp³-hybridized carbons (Fsp3) is 0.929. The third-order valence-electron chi connectivity index (χ3n) is 5.66. The van der Waals surface area contributed by atoms with Gasteiger partial charge in [0.2, 0.25) is 0 Å². The number of ether oxygens (including phenoxy) is 3. The van der Waals surface area contributed by atoms with Gasteiger partial charge in [-0.25, -0.2) is 9.69 Å². The summed E-state index contributed by atoms with van der Waals surface area (Å²) in [7, 11) is 0. The molecule has 0 aliphatic carbocycles. The van der Waals surface area contributed by atoms with Crippen LogP contribution in [-0.4, -0.2) is 108 Å². The second-order valence-corrected chi connectivity index (χ2v) is 13.0. The van der Waals surface area contributed by atoms with Crippen LogP contribution in [-0.2, 0) is 23.8 Å². The van der Waals surface area contributed by atoms with E-state index in [0.29, 0.717) is 32.6 Å². The fourth-order valence-corrected chi connectivity index (χ4v) is 4.21. The summed E-state index contributed by atoms with van der Waals surface area (Å²) in [6.45, 7) is 23.7. The molecule has 0 aromatic rings. The van der Waals surface area contributed by atoms with Crippen molar-refractivity contribution in [3.63, 3.8) is 0 Å². The number of carboxylic acids is 1. The number of unbranched alkanes of at least 4 members (excludes halogenated alkanes) is 2. The van der Waals surface area contributed by atoms with Crippen molar-refractivity contribution in [2.24, 2.45) is 0 Å². The third kappa shape index (κ3) is 14.7. The molecule has 0 bridgehead atoms. The number of rotatable bonds is 10. The SMILES string of the molecule is CC(C)(C)OC(=O)C(OC(C)(C)C)(OC(C)(C)C)N1CCNCCNCCN(CCCCCC(=O)O)CC1. The van der Waals surface area contributed by atoms with Crippen molar-refractivity contribution in [2.45, 2.75) is 111 Å². The number of hydrogen-bond acceptors (Lipinski definition) is 9. The van der Waals surface area contributed by atoms with Crippen LogP contribution in [0.3, 0.4) is 0 Å². The predicted octanol–water partition coefficient (Wildman–Crippen LogP) is 3.05. The van der Waals surface area contributed by atoms with Gasteiger partial charge in [0.15, 0.2) is 0 Å². The van der Waals surface area contributed by atoms with Gasteiger partial charge in [-0.3, -0.25) is 4.79 Å². The summed E-state index contributed by atoms with van der Waals surface area (Å²) >= 11 is 0. The first-order valence-electron chi connectivity index (χ1n) is 14.2. The van der Waals surface area contributed by atoms with Gasteiger partial charge in [-0.1, -0.05) is 6.42 Å². The molecule has 3 N–H and O–H groups in total. The molecule has 38 heavy (non-hydrogen) atoms. The first kappa shape index (κ1) is 34.7. The van der Waals surface area contributed by atoms with Crippen molar-refractivity contribution in [3.8, 4) is 0 Å². The van der Waals surface area contributed by atoms with E-state index < -0.39 is 34.7 Å². The Bertz CT molecular complexity index is 696. The molecular formula is C28H56N4O6. The largest absolute Gasteiger partial charge is 0.481 e. The number of carbonyl (C=O) groups excluding carboxylic acids is 1. The number of nitrogens with one attached hydrogen (secondary N) is 2. The number of carbonyl (C=O) groups is 2. The molecule has 0 radical (unpaired) electrons. The minimum Gasteiger partial charge on any atom is -0.481 e. The average Bonchev–Trinajstić information content (AvgIpc) is 2.71. The predicted molar refractivity (Wildman–Crippen MR) is 150 cm³/mol. The summed E-state index contributed by atoms with van der Waals surface area (Å²) in [5, 5.41) is 15.9. The van der Waals surface area contributed by atoms with Crippen molar-refractivity contribution in [1.29, 1.82) is 0 Å². The van der Waals surface area contributed by atoms with Gasteiger partial charge >= 0.3 is 17.8 Å². The summed E-state index contributed by atoms with van der Waals surface area (Å²) in [6.07, 6.45) is 2.67. The summed E-state index contributed by atoms with van der Waals surface area (Å²) in [4.78, 5) is 29.2. The fourth-order valence-electron chi connectivity index (χ4n) is 4.21. The Balaban J connectivity index is 3.31. The monoisotopic (exact) mass is 544 g/mol. The molecule has 10 heteroatoms. The summed E-state index contributed by atoms with van der Waals surface area (Å²) in [5.74, 6) is -3.04. The Morgan fingerprint density at radius 3 is 1.76 bits per heavy atom. The van der Waals surface area contributed by atoms with Crippen molar-refractivity contribution in [1.82, 2.24) is 20.4 Å². The Kier molecular flexibility index (Phi) is 14.1. The minimum atomic E-state index is -1.74. The standard InChI is InChI=1S/C28H56N4O6/c1-25(2,3)36-24(35)28(37-26(4,5)6,38-27(7,8)9)32-20-17-30-15-14-29-16-19-31(21-22-32)18-12-10-11-13-23(33)34/h29-30H,10-22H2,1-9H3,(H,33,34). The van der Waals surface area contributed by atoms with E-state index in [1.807, 2.05) is 67.2 Å². The highest BCUT2D eigenvalue weighted by Gasteiger charge is 2.54. The number of carboxylic acid groups (broad SMARTS) is 1. The summed E-state index contributed by atoms with van der Waals surface area (Å²) < 4.78 is 19.1. The average molecular weight is 545 g/mol. The Morgan fingerprint density at radius 1 is 0.711 bits per heavy atom. The normalized spacial score (nSPS) is 18.4. The lowest BCUT2D eigenvalue weighted by atomic mass is 10.1. The van der Waals surface area contributed by atoms with Gasteiger partial charge in [-0.2, -0.15) is 0 Å². The zero-order valence-corrected chi connectivity index (χ0v) is 25.6. The molecule has 0 aromatic carbocycles. The Labute approximate surface area is 231 Å². The molecule has 1 heterocycles. The van der Waals surface area contributed by atoms with Crippen LogP contribution in [0, 0.1) is 0 Å². The second-order valence-electron chi connectivity index (χ2n) is 13.0. The van der Waals surface area contributed by atoms with Gasteiger partial charge in [0.25, 0.3) is 0 Å². The van der Waals surface area contributed by atoms with Gasteiger partial charge in [0.05, 0.1) is 11.2 Å². The first-order valence-corrected chi connectivity index (χ1v) is 14.2. The Hall–Kier alpha value is -1.30. The lowest BCUT2D eigenvalue weighted by Gasteiger charge is -2.48. The van der Waals surface area contributed by atoms with E-state index in [-0.39, 0.29) is 6.42 Å². The van der Waals surface area contributed by atoms with E-state index in [1.54, 1.807) is 0 Å². The highest BCUT2D eigenvalue weighted by molar-refractivity contribution is 5.78. The van der Waals surface area contributed by atoms with E-state index in [0.717, 1.165) is 45.6 Å². The topological polar surface area (TPSA) is 113 Å². The van der Waals surface area contributed by atoms with Crippen molar-refractivity contribution < 1.29 is 28.9 Å². The molecular weight excluding hydrogens is 488 g/mol. The smallest absolute Gasteiger partial charge is 0.384 e. The van der Waals surface area contributed by atoms with Crippen molar-refractivity contribution >= 4 is 11.9 Å². The summed E-state index contributed by atoms with van der Waals surface area (Å²) in [5.41, 5.74) is -2.09. The lowest BCUT2D eigenvalue weighted by Crippen LogP contribution is -2.66. The quantitative estimate of drug-likeness (QED) is 0.215. The molecule has 10 nitrogen and oxygen atoms in total. The van der Waals surface area contributed by atoms with Gasteiger partial charge in [0.1, 0.15) is 5.60 Å². The molecule has 224 valence electrons. The molecule has 0 aromatic heterocycles. The highest BCUT2D eigenvalue weighted by Crippen LogP contribution is 2.33. The van der Waals surface area contributed by atoms with Crippen LogP contribution in [0.15, 0.2) is 0 Å². The molecule has 1 rings (SSSR count). The van der Waals surface area contributed by atoms with Crippen LogP contribution >= 0.6 is 0 Å². The second kappa shape index (κ2) is 15.5. The molecule has 0 amide bonds. The zero-order chi connectivity index (χ0) is 29.0. The first-order chi connectivity index (χ1) is 17.4. The number of nitrogens with zero attached hydrogens (tertiary/aromatic N) is 2. The van der Waals surface area contributed by atoms with Crippen molar-refractivity contribution in [3.05, 3.63) is 0 Å². The molecule has 0 spiro atoms. The van der Waals surface area contributed by atoms with Crippen LogP contribution < -0.4 is 10.6 Å². The van der Waals surface area contributed by atoms with Crippen LogP contribution in [0.25, 0.3) is 0 Å². The van der Waals surface area contributed by atoms with Crippen LogP contribution in [0.2, 0.25) is 0 Å². The zero-order valence-electron chi connectivity index (χ0n) is 25.6. The van der Waals surface area contributed by atoms with Crippen LogP contribution in [0.4, 0.5) is 0 Å². The van der Waals surface area contributed by atoms with E-state index in [4.69, 9.17) is 19.3 Å². The van der Waals surface area contributed by atoms with Crippen molar-refractivity contribution in [2.75, 3.05) is 58.9 Å². The Morgan fingerprint density at radius 2 is 1.26 bits per heavy atom. The molecule has 1 aliphatic heterocycles. The van der Waals surface area contributed by atoms with E-state index >= 15 is 0 Å². The number of hydrogen-bond donors (Lipinski definition) is 3. The van der Waals surface area contributed by atoms with Gasteiger partial charge < -0.3 is 34.9 Å². The maximum absolute atomic E-state index is 14.0. The molecule has 0 saturated carbocycles.